The Kier molecular flexibility index (Phi) is 7.25. The molecule has 154 valence electrons. The number of rotatable bonds is 7. The van der Waals surface area contributed by atoms with Gasteiger partial charge in [-0.1, -0.05) is 56.9 Å². The zero-order chi connectivity index (χ0) is 20.8. The van der Waals surface area contributed by atoms with Crippen LogP contribution in [-0.2, 0) is 0 Å². The molecule has 29 heavy (non-hydrogen) atoms. The fourth-order valence-electron chi connectivity index (χ4n) is 4.52. The minimum absolute atomic E-state index is 0.0966. The Hall–Kier alpha value is -2.41. The Morgan fingerprint density at radius 2 is 1.76 bits per heavy atom. The fourth-order valence-corrected chi connectivity index (χ4v) is 4.52. The zero-order valence-electron chi connectivity index (χ0n) is 17.3. The Morgan fingerprint density at radius 1 is 1.07 bits per heavy atom. The van der Waals surface area contributed by atoms with Gasteiger partial charge in [0, 0.05) is 6.07 Å². The average Bonchev–Trinajstić information content (AvgIpc) is 2.74. The lowest BCUT2D eigenvalue weighted by molar-refractivity contribution is 0.303. The summed E-state index contributed by atoms with van der Waals surface area (Å²) in [5.41, 5.74) is 1.42. The average molecular weight is 398 g/mol. The van der Waals surface area contributed by atoms with E-state index in [1.807, 2.05) is 24.3 Å². The van der Waals surface area contributed by atoms with Crippen molar-refractivity contribution in [3.63, 3.8) is 0 Å². The largest absolute Gasteiger partial charge is 0.496 e. The van der Waals surface area contributed by atoms with E-state index in [9.17, 15) is 8.78 Å². The van der Waals surface area contributed by atoms with Gasteiger partial charge in [-0.25, -0.2) is 8.78 Å². The molecule has 1 aliphatic carbocycles. The smallest absolute Gasteiger partial charge is 0.155 e. The lowest BCUT2D eigenvalue weighted by Gasteiger charge is -2.29. The predicted octanol–water partition coefficient (Wildman–Crippen LogP) is 7.37. The van der Waals surface area contributed by atoms with Crippen molar-refractivity contribution >= 4 is 0 Å². The zero-order valence-corrected chi connectivity index (χ0v) is 17.3. The molecule has 2 nitrogen and oxygen atoms in total. The van der Waals surface area contributed by atoms with Gasteiger partial charge < -0.3 is 4.74 Å². The Labute approximate surface area is 172 Å². The summed E-state index contributed by atoms with van der Waals surface area (Å²) >= 11 is 0. The van der Waals surface area contributed by atoms with E-state index in [1.165, 1.54) is 64.0 Å². The van der Waals surface area contributed by atoms with Crippen molar-refractivity contribution < 1.29 is 13.5 Å². The maximum atomic E-state index is 14.8. The maximum absolute atomic E-state index is 14.8. The predicted molar refractivity (Wildman–Crippen MR) is 112 cm³/mol. The highest BCUT2D eigenvalue weighted by Crippen LogP contribution is 2.40. The van der Waals surface area contributed by atoms with Crippen LogP contribution in [0, 0.1) is 28.9 Å². The van der Waals surface area contributed by atoms with Gasteiger partial charge in [-0.05, 0) is 48.6 Å². The first-order valence-electron chi connectivity index (χ1n) is 10.6. The molecule has 0 aliphatic heterocycles. The van der Waals surface area contributed by atoms with E-state index in [2.05, 4.69) is 6.92 Å². The quantitative estimate of drug-likeness (QED) is 0.457. The van der Waals surface area contributed by atoms with Crippen molar-refractivity contribution in [2.75, 3.05) is 7.11 Å². The first-order valence-corrected chi connectivity index (χ1v) is 10.6. The first-order chi connectivity index (χ1) is 14.1. The fraction of sp³-hybridized carbons (Fsp3) is 0.480. The third-order valence-corrected chi connectivity index (χ3v) is 6.25. The summed E-state index contributed by atoms with van der Waals surface area (Å²) in [5.74, 6) is -0.276. The molecule has 0 spiro atoms. The molecule has 0 amide bonds. The highest BCUT2D eigenvalue weighted by Gasteiger charge is 2.23. The van der Waals surface area contributed by atoms with Crippen LogP contribution < -0.4 is 4.74 Å². The molecule has 0 heterocycles. The van der Waals surface area contributed by atoms with Crippen molar-refractivity contribution in [1.82, 2.24) is 0 Å². The number of hydrogen-bond acceptors (Lipinski definition) is 2. The van der Waals surface area contributed by atoms with Gasteiger partial charge in [-0.15, -0.1) is 0 Å². The third-order valence-electron chi connectivity index (χ3n) is 6.25. The van der Waals surface area contributed by atoms with Crippen LogP contribution in [0.1, 0.15) is 75.3 Å². The number of benzene rings is 2. The van der Waals surface area contributed by atoms with E-state index in [-0.39, 0.29) is 11.3 Å². The van der Waals surface area contributed by atoms with Crippen LogP contribution in [-0.4, -0.2) is 7.11 Å². The summed E-state index contributed by atoms with van der Waals surface area (Å²) in [7, 11) is 1.37. The molecule has 4 heteroatoms. The summed E-state index contributed by atoms with van der Waals surface area (Å²) in [6.45, 7) is 2.25. The summed E-state index contributed by atoms with van der Waals surface area (Å²) in [6, 6.07) is 10.4. The van der Waals surface area contributed by atoms with Gasteiger partial charge in [0.15, 0.2) is 5.82 Å². The molecular weight excluding hydrogens is 368 g/mol. The molecule has 1 aliphatic rings. The summed E-state index contributed by atoms with van der Waals surface area (Å²) < 4.78 is 33.8. The van der Waals surface area contributed by atoms with Crippen molar-refractivity contribution in [3.05, 3.63) is 53.1 Å². The number of methoxy groups -OCH3 is 1. The second-order valence-corrected chi connectivity index (χ2v) is 8.07. The maximum Gasteiger partial charge on any atom is 0.155 e. The van der Waals surface area contributed by atoms with E-state index in [0.29, 0.717) is 11.5 Å². The van der Waals surface area contributed by atoms with Gasteiger partial charge in [0.1, 0.15) is 23.2 Å². The van der Waals surface area contributed by atoms with Crippen LogP contribution in [0.25, 0.3) is 11.1 Å². The van der Waals surface area contributed by atoms with Crippen molar-refractivity contribution in [2.45, 2.75) is 64.2 Å². The summed E-state index contributed by atoms with van der Waals surface area (Å²) in [6.07, 6.45) is 10.3. The van der Waals surface area contributed by atoms with Crippen LogP contribution >= 0.6 is 0 Å². The van der Waals surface area contributed by atoms with Crippen molar-refractivity contribution in [1.29, 1.82) is 5.26 Å². The van der Waals surface area contributed by atoms with E-state index in [4.69, 9.17) is 10.00 Å². The van der Waals surface area contributed by atoms with E-state index in [0.717, 1.165) is 12.0 Å². The van der Waals surface area contributed by atoms with Gasteiger partial charge in [0.2, 0.25) is 0 Å². The van der Waals surface area contributed by atoms with E-state index >= 15 is 0 Å². The lowest BCUT2D eigenvalue weighted by atomic mass is 9.77. The Morgan fingerprint density at radius 3 is 2.34 bits per heavy atom. The molecule has 1 fully saturated rings. The third kappa shape index (κ3) is 4.78. The Bertz CT molecular complexity index is 862. The number of halogens is 2. The molecule has 1 saturated carbocycles. The van der Waals surface area contributed by atoms with Gasteiger partial charge in [0.25, 0.3) is 0 Å². The minimum atomic E-state index is -0.905. The lowest BCUT2D eigenvalue weighted by Crippen LogP contribution is -2.13. The van der Waals surface area contributed by atoms with Crippen LogP contribution in [0.5, 0.6) is 5.75 Å². The van der Waals surface area contributed by atoms with Crippen molar-refractivity contribution in [3.8, 4) is 22.9 Å². The second-order valence-electron chi connectivity index (χ2n) is 8.07. The van der Waals surface area contributed by atoms with Crippen LogP contribution in [0.3, 0.4) is 0 Å². The van der Waals surface area contributed by atoms with Gasteiger partial charge >= 0.3 is 0 Å². The molecule has 0 bridgehead atoms. The number of nitrogens with zero attached hydrogens (tertiary/aromatic N) is 1. The minimum Gasteiger partial charge on any atom is -0.496 e. The molecule has 0 saturated heterocycles. The molecule has 2 aromatic carbocycles. The van der Waals surface area contributed by atoms with E-state index < -0.39 is 17.2 Å². The van der Waals surface area contributed by atoms with Crippen LogP contribution in [0.15, 0.2) is 30.3 Å². The van der Waals surface area contributed by atoms with E-state index in [1.54, 1.807) is 6.07 Å². The van der Waals surface area contributed by atoms with Gasteiger partial charge in [-0.3, -0.25) is 0 Å². The first kappa shape index (κ1) is 21.3. The molecule has 0 atom stereocenters. The molecule has 0 radical (unpaired) electrons. The number of nitriles is 1. The number of ether oxygens (including phenoxy) is 1. The van der Waals surface area contributed by atoms with Crippen molar-refractivity contribution in [2.24, 2.45) is 5.92 Å². The molecule has 0 unspecified atom stereocenters. The molecule has 3 rings (SSSR count). The Balaban J connectivity index is 1.74. The standard InChI is InChI=1S/C25H29F2NO/c1-3-4-5-6-17-7-9-18(10-8-17)19-11-13-20(14-12-19)24-23(29-2)15-22(26)21(16-28)25(24)27/h11-15,17-18H,3-10H2,1-2H3/t17-,18-. The molecule has 0 N–H and O–H groups in total. The topological polar surface area (TPSA) is 33.0 Å². The monoisotopic (exact) mass is 397 g/mol. The summed E-state index contributed by atoms with van der Waals surface area (Å²) in [5, 5.41) is 9.07. The highest BCUT2D eigenvalue weighted by molar-refractivity contribution is 5.73. The highest BCUT2D eigenvalue weighted by atomic mass is 19.1. The SMILES string of the molecule is CCCCC[C@H]1CC[C@H](c2ccc(-c3c(OC)cc(F)c(C#N)c3F)cc2)CC1. The van der Waals surface area contributed by atoms with Gasteiger partial charge in [0.05, 0.1) is 12.7 Å². The van der Waals surface area contributed by atoms with Crippen LogP contribution in [0.4, 0.5) is 8.78 Å². The van der Waals surface area contributed by atoms with Gasteiger partial charge in [-0.2, -0.15) is 5.26 Å². The molecular formula is C25H29F2NO. The second kappa shape index (κ2) is 9.87. The number of hydrogen-bond donors (Lipinski definition) is 0. The number of unbranched alkanes of at least 4 members (excludes halogenated alkanes) is 2. The normalized spacial score (nSPS) is 19.0. The molecule has 2 aromatic rings. The summed E-state index contributed by atoms with van der Waals surface area (Å²) in [4.78, 5) is 0. The molecule has 0 aromatic heterocycles. The van der Waals surface area contributed by atoms with Crippen LogP contribution in [0.2, 0.25) is 0 Å².